The number of aliphatic carboxylic acids is 1. The molecule has 1 rings (SSSR count). The number of nitrogens with two attached hydrogens (primary N) is 1. The smallest absolute Gasteiger partial charge is 0.327 e. The number of aliphatic hydroxyl groups excluding tert-OH is 2. The SMILES string of the molecule is CSCC[C@H](N)C(=O)N[C@H](C(=O)N[C@@H](Cc1ccccc1)C(=O)N[C@@H](CO)C(=O)N[C@@H](CO)C(=O)N[C@@H](CS)C(=O)O)C(C)C. The van der Waals surface area contributed by atoms with Crippen LogP contribution in [-0.4, -0.2) is 118 Å². The maximum absolute atomic E-state index is 13.4. The molecule has 5 amide bonds. The fraction of sp³-hybridized carbons (Fsp3) is 0.571. The summed E-state index contributed by atoms with van der Waals surface area (Å²) in [6.07, 6.45) is 2.25. The predicted molar refractivity (Wildman–Crippen MR) is 171 cm³/mol. The van der Waals surface area contributed by atoms with Crippen LogP contribution in [-0.2, 0) is 35.2 Å². The van der Waals surface area contributed by atoms with Crippen molar-refractivity contribution in [2.75, 3.05) is 31.0 Å². The minimum Gasteiger partial charge on any atom is -0.480 e. The molecule has 10 N–H and O–H groups in total. The summed E-state index contributed by atoms with van der Waals surface area (Å²) in [4.78, 5) is 75.9. The molecule has 6 atom stereocenters. The molecular weight excluding hydrogens is 628 g/mol. The number of carbonyl (C=O) groups excluding carboxylic acids is 5. The zero-order chi connectivity index (χ0) is 34.1. The van der Waals surface area contributed by atoms with E-state index in [0.717, 1.165) is 0 Å². The van der Waals surface area contributed by atoms with Crippen molar-refractivity contribution in [2.24, 2.45) is 11.7 Å². The maximum atomic E-state index is 13.4. The lowest BCUT2D eigenvalue weighted by Gasteiger charge is -2.27. The van der Waals surface area contributed by atoms with E-state index in [1.807, 2.05) is 6.26 Å². The summed E-state index contributed by atoms with van der Waals surface area (Å²) in [5.41, 5.74) is 6.61. The molecular formula is C28H44N6O9S2. The number of aliphatic hydroxyl groups is 2. The standard InChI is InChI=1S/C28H44N6O9S2/c1-15(2)22(34-23(37)17(29)9-10-45-3)27(41)30-18(11-16-7-5-4-6-8-16)24(38)31-19(12-35)25(39)32-20(13-36)26(40)33-21(14-44)28(42)43/h4-8,15,17-22,35-36,44H,9-14,29H2,1-3H3,(H,30,41)(H,31,38)(H,32,39)(H,33,40)(H,34,37)(H,42,43)/t17-,18-,19-,20-,21-,22-/m0/s1. The molecule has 1 aromatic rings. The summed E-state index contributed by atoms with van der Waals surface area (Å²) in [5, 5.41) is 40.5. The van der Waals surface area contributed by atoms with Gasteiger partial charge in [0, 0.05) is 12.2 Å². The molecule has 0 saturated heterocycles. The molecule has 0 aliphatic carbocycles. The number of hydrogen-bond acceptors (Lipinski definition) is 11. The number of carbonyl (C=O) groups is 6. The average molecular weight is 673 g/mol. The van der Waals surface area contributed by atoms with Gasteiger partial charge < -0.3 is 47.6 Å². The Morgan fingerprint density at radius 1 is 0.778 bits per heavy atom. The van der Waals surface area contributed by atoms with Gasteiger partial charge >= 0.3 is 5.97 Å². The Balaban J connectivity index is 3.11. The van der Waals surface area contributed by atoms with Gasteiger partial charge in [0.1, 0.15) is 30.2 Å². The van der Waals surface area contributed by atoms with E-state index in [4.69, 9.17) is 10.8 Å². The van der Waals surface area contributed by atoms with Crippen molar-refractivity contribution in [3.8, 4) is 0 Å². The third kappa shape index (κ3) is 13.7. The highest BCUT2D eigenvalue weighted by atomic mass is 32.2. The van der Waals surface area contributed by atoms with Crippen molar-refractivity contribution in [3.05, 3.63) is 35.9 Å². The molecule has 0 aromatic heterocycles. The average Bonchev–Trinajstić information content (AvgIpc) is 3.01. The third-order valence-corrected chi connectivity index (χ3v) is 7.57. The molecule has 0 saturated carbocycles. The van der Waals surface area contributed by atoms with E-state index in [2.05, 4.69) is 39.2 Å². The normalized spacial score (nSPS) is 15.0. The van der Waals surface area contributed by atoms with Crippen LogP contribution in [0.5, 0.6) is 0 Å². The molecule has 1 aromatic carbocycles. The lowest BCUT2D eigenvalue weighted by molar-refractivity contribution is -0.142. The van der Waals surface area contributed by atoms with Crippen LogP contribution in [0.4, 0.5) is 0 Å². The van der Waals surface area contributed by atoms with Gasteiger partial charge in [-0.2, -0.15) is 24.4 Å². The van der Waals surface area contributed by atoms with Crippen LogP contribution in [0, 0.1) is 5.92 Å². The number of benzene rings is 1. The first kappa shape index (κ1) is 39.6. The zero-order valence-corrected chi connectivity index (χ0v) is 27.1. The molecule has 0 spiro atoms. The van der Waals surface area contributed by atoms with Crippen molar-refractivity contribution in [1.82, 2.24) is 26.6 Å². The van der Waals surface area contributed by atoms with E-state index >= 15 is 0 Å². The van der Waals surface area contributed by atoms with Crippen molar-refractivity contribution >= 4 is 59.9 Å². The second kappa shape index (κ2) is 20.6. The van der Waals surface area contributed by atoms with Gasteiger partial charge in [0.05, 0.1) is 19.3 Å². The van der Waals surface area contributed by atoms with E-state index < -0.39 is 85.0 Å². The van der Waals surface area contributed by atoms with Crippen molar-refractivity contribution in [1.29, 1.82) is 0 Å². The predicted octanol–water partition coefficient (Wildman–Crippen LogP) is -2.61. The molecule has 0 radical (unpaired) electrons. The van der Waals surface area contributed by atoms with Crippen LogP contribution < -0.4 is 32.3 Å². The van der Waals surface area contributed by atoms with Gasteiger partial charge in [-0.05, 0) is 29.9 Å². The number of carboxylic acids is 1. The Kier molecular flexibility index (Phi) is 18.2. The topological polar surface area (TPSA) is 249 Å². The van der Waals surface area contributed by atoms with Crippen LogP contribution in [0.1, 0.15) is 25.8 Å². The van der Waals surface area contributed by atoms with Gasteiger partial charge in [-0.15, -0.1) is 0 Å². The van der Waals surface area contributed by atoms with E-state index in [-0.39, 0.29) is 18.1 Å². The molecule has 45 heavy (non-hydrogen) atoms. The maximum Gasteiger partial charge on any atom is 0.327 e. The van der Waals surface area contributed by atoms with Crippen LogP contribution in [0.15, 0.2) is 30.3 Å². The quantitative estimate of drug-likeness (QED) is 0.0643. The Morgan fingerprint density at radius 2 is 1.27 bits per heavy atom. The van der Waals surface area contributed by atoms with Crippen molar-refractivity contribution in [2.45, 2.75) is 62.9 Å². The van der Waals surface area contributed by atoms with E-state index in [1.165, 1.54) is 11.8 Å². The second-order valence-electron chi connectivity index (χ2n) is 10.4. The number of carboxylic acid groups (broad SMARTS) is 1. The van der Waals surface area contributed by atoms with Gasteiger partial charge in [-0.3, -0.25) is 24.0 Å². The fourth-order valence-electron chi connectivity index (χ4n) is 3.88. The Hall–Kier alpha value is -3.38. The van der Waals surface area contributed by atoms with E-state index in [1.54, 1.807) is 44.2 Å². The highest BCUT2D eigenvalue weighted by Crippen LogP contribution is 2.08. The lowest BCUT2D eigenvalue weighted by Crippen LogP contribution is -2.61. The third-order valence-electron chi connectivity index (χ3n) is 6.56. The van der Waals surface area contributed by atoms with Crippen molar-refractivity contribution < 1.29 is 44.1 Å². The molecule has 15 nitrogen and oxygen atoms in total. The molecule has 0 unspecified atom stereocenters. The summed E-state index contributed by atoms with van der Waals surface area (Å²) in [5.74, 6) is -5.53. The first-order valence-corrected chi connectivity index (χ1v) is 16.2. The molecule has 0 heterocycles. The monoisotopic (exact) mass is 672 g/mol. The van der Waals surface area contributed by atoms with E-state index in [9.17, 15) is 39.0 Å². The minimum atomic E-state index is -1.62. The molecule has 252 valence electrons. The largest absolute Gasteiger partial charge is 0.480 e. The van der Waals surface area contributed by atoms with Crippen molar-refractivity contribution in [3.63, 3.8) is 0 Å². The molecule has 17 heteroatoms. The summed E-state index contributed by atoms with van der Waals surface area (Å²) >= 11 is 5.36. The Bertz CT molecular complexity index is 1140. The molecule has 0 bridgehead atoms. The van der Waals surface area contributed by atoms with Gasteiger partial charge in [-0.1, -0.05) is 44.2 Å². The number of amides is 5. The van der Waals surface area contributed by atoms with Crippen LogP contribution >= 0.6 is 24.4 Å². The second-order valence-corrected chi connectivity index (χ2v) is 11.8. The highest BCUT2D eigenvalue weighted by molar-refractivity contribution is 7.98. The number of thioether (sulfide) groups is 1. The van der Waals surface area contributed by atoms with Crippen LogP contribution in [0.3, 0.4) is 0 Å². The number of hydrogen-bond donors (Lipinski definition) is 10. The van der Waals surface area contributed by atoms with Crippen LogP contribution in [0.25, 0.3) is 0 Å². The summed E-state index contributed by atoms with van der Waals surface area (Å²) in [7, 11) is 0. The first-order valence-electron chi connectivity index (χ1n) is 14.1. The Morgan fingerprint density at radius 3 is 1.71 bits per heavy atom. The summed E-state index contributed by atoms with van der Waals surface area (Å²) in [6.45, 7) is 1.58. The van der Waals surface area contributed by atoms with Gasteiger partial charge in [0.15, 0.2) is 0 Å². The summed E-state index contributed by atoms with van der Waals surface area (Å²) in [6, 6.07) is 0.875. The highest BCUT2D eigenvalue weighted by Gasteiger charge is 2.33. The van der Waals surface area contributed by atoms with Gasteiger partial charge in [0.25, 0.3) is 0 Å². The minimum absolute atomic E-state index is 0.0217. The number of nitrogens with one attached hydrogen (secondary N) is 5. The van der Waals surface area contributed by atoms with Gasteiger partial charge in [-0.25, -0.2) is 4.79 Å². The van der Waals surface area contributed by atoms with Gasteiger partial charge in [0.2, 0.25) is 29.5 Å². The number of thiol groups is 1. The first-order chi connectivity index (χ1) is 21.3. The lowest BCUT2D eigenvalue weighted by atomic mass is 10.00. The Labute approximate surface area is 271 Å². The molecule has 0 aliphatic rings. The fourth-order valence-corrected chi connectivity index (χ4v) is 4.62. The zero-order valence-electron chi connectivity index (χ0n) is 25.4. The summed E-state index contributed by atoms with van der Waals surface area (Å²) < 4.78 is 0. The molecule has 0 fully saturated rings. The molecule has 0 aliphatic heterocycles. The number of rotatable bonds is 20. The van der Waals surface area contributed by atoms with Crippen LogP contribution in [0.2, 0.25) is 0 Å². The van der Waals surface area contributed by atoms with E-state index in [0.29, 0.717) is 17.7 Å².